The maximum absolute atomic E-state index is 12.5. The van der Waals surface area contributed by atoms with Gasteiger partial charge in [-0.05, 0) is 42.5 Å². The fourth-order valence-electron chi connectivity index (χ4n) is 3.67. The van der Waals surface area contributed by atoms with Gasteiger partial charge in [0.05, 0.1) is 21.3 Å². The zero-order valence-electron chi connectivity index (χ0n) is 19.8. The monoisotopic (exact) mass is 475 g/mol. The van der Waals surface area contributed by atoms with Gasteiger partial charge in [0.1, 0.15) is 0 Å². The van der Waals surface area contributed by atoms with Crippen LogP contribution in [0.2, 0.25) is 0 Å². The zero-order chi connectivity index (χ0) is 24.9. The summed E-state index contributed by atoms with van der Waals surface area (Å²) in [6.07, 6.45) is -0.848. The van der Waals surface area contributed by atoms with E-state index in [1.54, 1.807) is 60.7 Å². The van der Waals surface area contributed by atoms with E-state index in [1.165, 1.54) is 33.3 Å². The molecular weight excluding hydrogens is 450 g/mol. The smallest absolute Gasteiger partial charge is 0.255 e. The molecule has 4 rings (SSSR count). The minimum absolute atomic E-state index is 0.231. The first kappa shape index (κ1) is 23.6. The highest BCUT2D eigenvalue weighted by Crippen LogP contribution is 2.42. The highest BCUT2D eigenvalue weighted by atomic mass is 16.5. The Hall–Kier alpha value is -4.53. The number of methoxy groups -OCH3 is 3. The quantitative estimate of drug-likeness (QED) is 0.550. The first-order valence-electron chi connectivity index (χ1n) is 10.8. The van der Waals surface area contributed by atoms with Gasteiger partial charge in [0.2, 0.25) is 23.8 Å². The third kappa shape index (κ3) is 4.89. The van der Waals surface area contributed by atoms with E-state index in [0.717, 1.165) is 0 Å². The van der Waals surface area contributed by atoms with Crippen molar-refractivity contribution >= 4 is 23.4 Å². The van der Waals surface area contributed by atoms with Gasteiger partial charge in [-0.1, -0.05) is 24.3 Å². The van der Waals surface area contributed by atoms with Crippen LogP contribution in [0.3, 0.4) is 0 Å². The predicted octanol–water partition coefficient (Wildman–Crippen LogP) is 4.20. The summed E-state index contributed by atoms with van der Waals surface area (Å²) in [5.41, 5.74) is 2.28. The molecule has 180 valence electrons. The number of amides is 2. The lowest BCUT2D eigenvalue weighted by Gasteiger charge is -2.21. The normalized spacial score (nSPS) is 14.6. The topological polar surface area (TPSA) is 98.7 Å². The predicted molar refractivity (Wildman–Crippen MR) is 130 cm³/mol. The standard InChI is InChI=1S/C26H25N3O6/c1-16(30)29-26(19-14-21(32-2)23(34-4)22(15-19)33-3)35-25(28-29)18-11-8-12-20(13-18)27-24(31)17-9-6-5-7-10-17/h5-15,26H,1-4H3,(H,27,31). The first-order chi connectivity index (χ1) is 16.9. The maximum atomic E-state index is 12.5. The maximum Gasteiger partial charge on any atom is 0.255 e. The Kier molecular flexibility index (Phi) is 6.86. The summed E-state index contributed by atoms with van der Waals surface area (Å²) in [4.78, 5) is 24.9. The number of carbonyl (C=O) groups excluding carboxylic acids is 2. The Morgan fingerprint density at radius 3 is 2.20 bits per heavy atom. The summed E-state index contributed by atoms with van der Waals surface area (Å²) in [6, 6.07) is 19.4. The molecule has 1 atom stereocenters. The summed E-state index contributed by atoms with van der Waals surface area (Å²) in [5, 5.41) is 8.51. The number of benzene rings is 3. The fourth-order valence-corrected chi connectivity index (χ4v) is 3.67. The molecule has 3 aromatic rings. The van der Waals surface area contributed by atoms with Crippen molar-refractivity contribution in [2.45, 2.75) is 13.2 Å². The molecule has 1 unspecified atom stereocenters. The summed E-state index contributed by atoms with van der Waals surface area (Å²) in [6.45, 7) is 1.40. The summed E-state index contributed by atoms with van der Waals surface area (Å²) in [7, 11) is 4.53. The summed E-state index contributed by atoms with van der Waals surface area (Å²) >= 11 is 0. The van der Waals surface area contributed by atoms with Gasteiger partial charge >= 0.3 is 0 Å². The number of hydrogen-bond acceptors (Lipinski definition) is 7. The van der Waals surface area contributed by atoms with E-state index in [4.69, 9.17) is 18.9 Å². The van der Waals surface area contributed by atoms with Gasteiger partial charge in [-0.25, -0.2) is 0 Å². The van der Waals surface area contributed by atoms with E-state index in [1.807, 2.05) is 6.07 Å². The van der Waals surface area contributed by atoms with Crippen LogP contribution < -0.4 is 19.5 Å². The van der Waals surface area contributed by atoms with Crippen molar-refractivity contribution in [1.82, 2.24) is 5.01 Å². The molecular formula is C26H25N3O6. The minimum atomic E-state index is -0.848. The molecule has 0 fully saturated rings. The highest BCUT2D eigenvalue weighted by Gasteiger charge is 2.34. The van der Waals surface area contributed by atoms with Crippen molar-refractivity contribution in [2.75, 3.05) is 26.6 Å². The van der Waals surface area contributed by atoms with Gasteiger partial charge in [-0.15, -0.1) is 5.10 Å². The minimum Gasteiger partial charge on any atom is -0.493 e. The highest BCUT2D eigenvalue weighted by molar-refractivity contribution is 6.05. The van der Waals surface area contributed by atoms with Gasteiger partial charge in [0.25, 0.3) is 5.91 Å². The molecule has 1 N–H and O–H groups in total. The van der Waals surface area contributed by atoms with E-state index in [9.17, 15) is 9.59 Å². The lowest BCUT2D eigenvalue weighted by molar-refractivity contribution is -0.135. The molecule has 9 nitrogen and oxygen atoms in total. The Bertz CT molecular complexity index is 1250. The number of carbonyl (C=O) groups is 2. The number of ether oxygens (including phenoxy) is 4. The Balaban J connectivity index is 1.62. The van der Waals surface area contributed by atoms with Crippen molar-refractivity contribution in [3.05, 3.63) is 83.4 Å². The largest absolute Gasteiger partial charge is 0.493 e. The van der Waals surface area contributed by atoms with Crippen LogP contribution in [-0.2, 0) is 9.53 Å². The van der Waals surface area contributed by atoms with E-state index >= 15 is 0 Å². The number of hydrazone groups is 1. The average Bonchev–Trinajstić information content (AvgIpc) is 3.34. The van der Waals surface area contributed by atoms with E-state index in [-0.39, 0.29) is 17.7 Å². The molecule has 1 aliphatic heterocycles. The number of anilines is 1. The number of rotatable bonds is 7. The van der Waals surface area contributed by atoms with E-state index < -0.39 is 6.23 Å². The zero-order valence-corrected chi connectivity index (χ0v) is 19.8. The van der Waals surface area contributed by atoms with E-state index in [0.29, 0.717) is 39.6 Å². The second-order valence-corrected chi connectivity index (χ2v) is 7.60. The van der Waals surface area contributed by atoms with Crippen LogP contribution in [-0.4, -0.2) is 44.1 Å². The van der Waals surface area contributed by atoms with Crippen LogP contribution in [0.25, 0.3) is 0 Å². The van der Waals surface area contributed by atoms with E-state index in [2.05, 4.69) is 10.4 Å². The Labute approximate surface area is 202 Å². The lowest BCUT2D eigenvalue weighted by atomic mass is 10.1. The summed E-state index contributed by atoms with van der Waals surface area (Å²) in [5.74, 6) is 0.954. The molecule has 0 saturated carbocycles. The van der Waals surface area contributed by atoms with Crippen LogP contribution in [0.4, 0.5) is 5.69 Å². The molecule has 0 bridgehead atoms. The average molecular weight is 476 g/mol. The number of nitrogens with one attached hydrogen (secondary N) is 1. The Morgan fingerprint density at radius 2 is 1.60 bits per heavy atom. The molecule has 9 heteroatoms. The molecule has 2 amide bonds. The SMILES string of the molecule is COc1cc(C2OC(c3cccc(NC(=O)c4ccccc4)c3)=NN2C(C)=O)cc(OC)c1OC. The fraction of sp³-hybridized carbons (Fsp3) is 0.192. The molecule has 0 aliphatic carbocycles. The number of nitrogens with zero attached hydrogens (tertiary/aromatic N) is 2. The molecule has 35 heavy (non-hydrogen) atoms. The van der Waals surface area contributed by atoms with Crippen molar-refractivity contribution in [1.29, 1.82) is 0 Å². The van der Waals surface area contributed by atoms with Gasteiger partial charge < -0.3 is 24.3 Å². The molecule has 0 aromatic heterocycles. The number of hydrogen-bond donors (Lipinski definition) is 1. The second-order valence-electron chi connectivity index (χ2n) is 7.60. The van der Waals surface area contributed by atoms with Crippen molar-refractivity contribution < 1.29 is 28.5 Å². The van der Waals surface area contributed by atoms with Crippen LogP contribution in [0, 0.1) is 0 Å². The Morgan fingerprint density at radius 1 is 0.914 bits per heavy atom. The molecule has 0 saturated heterocycles. The van der Waals surface area contributed by atoms with Gasteiger partial charge in [0.15, 0.2) is 11.5 Å². The van der Waals surface area contributed by atoms with Crippen molar-refractivity contribution in [3.8, 4) is 17.2 Å². The van der Waals surface area contributed by atoms with Gasteiger partial charge in [-0.2, -0.15) is 5.01 Å². The first-order valence-corrected chi connectivity index (χ1v) is 10.8. The molecule has 0 spiro atoms. The van der Waals surface area contributed by atoms with Crippen molar-refractivity contribution in [3.63, 3.8) is 0 Å². The van der Waals surface area contributed by atoms with Gasteiger partial charge in [-0.3, -0.25) is 9.59 Å². The molecule has 0 radical (unpaired) electrons. The molecule has 1 aliphatic rings. The third-order valence-electron chi connectivity index (χ3n) is 5.34. The van der Waals surface area contributed by atoms with Crippen LogP contribution in [0.5, 0.6) is 17.2 Å². The third-order valence-corrected chi connectivity index (χ3v) is 5.34. The van der Waals surface area contributed by atoms with Gasteiger partial charge in [0, 0.05) is 29.3 Å². The molecule has 1 heterocycles. The lowest BCUT2D eigenvalue weighted by Crippen LogP contribution is -2.25. The molecule has 3 aromatic carbocycles. The van der Waals surface area contributed by atoms with Crippen LogP contribution in [0.15, 0.2) is 71.8 Å². The van der Waals surface area contributed by atoms with Crippen LogP contribution in [0.1, 0.15) is 34.6 Å². The van der Waals surface area contributed by atoms with Crippen molar-refractivity contribution in [2.24, 2.45) is 5.10 Å². The van der Waals surface area contributed by atoms with Crippen LogP contribution >= 0.6 is 0 Å². The second kappa shape index (κ2) is 10.2. The summed E-state index contributed by atoms with van der Waals surface area (Å²) < 4.78 is 22.4.